The molecule has 0 spiro atoms. The Morgan fingerprint density at radius 2 is 2.00 bits per heavy atom. The van der Waals surface area contributed by atoms with Crippen LogP contribution in [-0.2, 0) is 9.53 Å². The van der Waals surface area contributed by atoms with Crippen molar-refractivity contribution in [1.82, 2.24) is 20.3 Å². The van der Waals surface area contributed by atoms with Crippen LogP contribution in [0.3, 0.4) is 0 Å². The Morgan fingerprint density at radius 1 is 1.25 bits per heavy atom. The largest absolute Gasteiger partial charge is 0.467 e. The second-order valence-corrected chi connectivity index (χ2v) is 6.12. The van der Waals surface area contributed by atoms with Gasteiger partial charge in [0.1, 0.15) is 11.5 Å². The van der Waals surface area contributed by atoms with Crippen molar-refractivity contribution in [2.24, 2.45) is 0 Å². The fourth-order valence-electron chi connectivity index (χ4n) is 1.94. The van der Waals surface area contributed by atoms with Crippen LogP contribution >= 0.6 is 15.9 Å². The van der Waals surface area contributed by atoms with Gasteiger partial charge in [-0.25, -0.2) is 14.8 Å². The molecule has 2 aromatic rings. The Balaban J connectivity index is 2.31. The molecule has 1 amide bonds. The smallest absolute Gasteiger partial charge is 0.334 e. The molecule has 0 saturated carbocycles. The zero-order valence-corrected chi connectivity index (χ0v) is 15.1. The molecule has 0 saturated heterocycles. The summed E-state index contributed by atoms with van der Waals surface area (Å²) in [5.41, 5.74) is 0.533. The van der Waals surface area contributed by atoms with E-state index in [0.717, 1.165) is 0 Å². The quantitative estimate of drug-likeness (QED) is 0.785. The van der Waals surface area contributed by atoms with Gasteiger partial charge in [0.2, 0.25) is 0 Å². The van der Waals surface area contributed by atoms with Crippen LogP contribution in [0.5, 0.6) is 0 Å². The van der Waals surface area contributed by atoms with E-state index >= 15 is 0 Å². The fourth-order valence-corrected chi connectivity index (χ4v) is 2.31. The van der Waals surface area contributed by atoms with Crippen molar-refractivity contribution in [2.75, 3.05) is 7.11 Å². The molecule has 1 N–H and O–H groups in total. The van der Waals surface area contributed by atoms with Gasteiger partial charge in [-0.2, -0.15) is 0 Å². The normalized spacial score (nSPS) is 11.9. The number of halogens is 1. The molecule has 126 valence electrons. The zero-order chi connectivity index (χ0) is 17.7. The second kappa shape index (κ2) is 7.96. The zero-order valence-electron chi connectivity index (χ0n) is 13.5. The number of hydrogen-bond donors (Lipinski definition) is 1. The summed E-state index contributed by atoms with van der Waals surface area (Å²) in [4.78, 5) is 37.1. The highest BCUT2D eigenvalue weighted by molar-refractivity contribution is 9.10. The Hall–Kier alpha value is -2.35. The summed E-state index contributed by atoms with van der Waals surface area (Å²) >= 11 is 3.26. The molecule has 2 aromatic heterocycles. The maximum absolute atomic E-state index is 12.6. The second-order valence-electron chi connectivity index (χ2n) is 5.26. The van der Waals surface area contributed by atoms with Gasteiger partial charge in [-0.05, 0) is 28.1 Å². The van der Waals surface area contributed by atoms with Crippen LogP contribution in [0.25, 0.3) is 0 Å². The van der Waals surface area contributed by atoms with E-state index in [4.69, 9.17) is 4.74 Å². The van der Waals surface area contributed by atoms with Gasteiger partial charge in [-0.1, -0.05) is 19.9 Å². The lowest BCUT2D eigenvalue weighted by molar-refractivity contribution is -0.143. The Kier molecular flexibility index (Phi) is 5.97. The van der Waals surface area contributed by atoms with E-state index in [1.54, 1.807) is 18.2 Å². The lowest BCUT2D eigenvalue weighted by Crippen LogP contribution is -2.35. The van der Waals surface area contributed by atoms with Crippen LogP contribution in [0.1, 0.15) is 47.8 Å². The van der Waals surface area contributed by atoms with Crippen molar-refractivity contribution in [3.8, 4) is 0 Å². The topological polar surface area (TPSA) is 94.1 Å². The molecule has 2 heterocycles. The number of methoxy groups -OCH3 is 1. The van der Waals surface area contributed by atoms with E-state index in [-0.39, 0.29) is 11.6 Å². The van der Waals surface area contributed by atoms with E-state index in [9.17, 15) is 9.59 Å². The molecular weight excluding hydrogens is 376 g/mol. The van der Waals surface area contributed by atoms with E-state index in [0.29, 0.717) is 16.0 Å². The average Bonchev–Trinajstić information content (AvgIpc) is 2.59. The number of carbonyl (C=O) groups excluding carboxylic acids is 2. The molecule has 0 aliphatic rings. The predicted octanol–water partition coefficient (Wildman–Crippen LogP) is 2.40. The van der Waals surface area contributed by atoms with E-state index in [2.05, 4.69) is 36.2 Å². The van der Waals surface area contributed by atoms with Crippen molar-refractivity contribution < 1.29 is 14.3 Å². The van der Waals surface area contributed by atoms with Crippen LogP contribution in [0.4, 0.5) is 0 Å². The van der Waals surface area contributed by atoms with Gasteiger partial charge >= 0.3 is 5.97 Å². The minimum absolute atomic E-state index is 0.0665. The number of pyridine rings is 1. The molecule has 0 aliphatic carbocycles. The molecule has 1 unspecified atom stereocenters. The predicted molar refractivity (Wildman–Crippen MR) is 90.3 cm³/mol. The van der Waals surface area contributed by atoms with E-state index in [1.807, 2.05) is 13.8 Å². The molecule has 0 radical (unpaired) electrons. The average molecular weight is 393 g/mol. The monoisotopic (exact) mass is 392 g/mol. The standard InChI is InChI=1S/C16H17BrN4O3/c1-9(2)14-19-8-10(17)12(20-14)15(22)21-13(16(23)24-3)11-6-4-5-7-18-11/h4-9,13H,1-3H3,(H,21,22). The van der Waals surface area contributed by atoms with E-state index in [1.165, 1.54) is 19.5 Å². The molecular formula is C16H17BrN4O3. The first kappa shape index (κ1) is 18.0. The first-order valence-electron chi connectivity index (χ1n) is 7.26. The SMILES string of the molecule is COC(=O)C(NC(=O)c1nc(C(C)C)ncc1Br)c1ccccn1. The van der Waals surface area contributed by atoms with Crippen LogP contribution < -0.4 is 5.32 Å². The fraction of sp³-hybridized carbons (Fsp3) is 0.312. The number of nitrogens with one attached hydrogen (secondary N) is 1. The summed E-state index contributed by atoms with van der Waals surface area (Å²) in [5.74, 6) is -0.531. The first-order chi connectivity index (χ1) is 11.4. The number of carbonyl (C=O) groups is 2. The summed E-state index contributed by atoms with van der Waals surface area (Å²) in [6.07, 6.45) is 3.06. The third-order valence-electron chi connectivity index (χ3n) is 3.19. The number of aromatic nitrogens is 3. The lowest BCUT2D eigenvalue weighted by Gasteiger charge is -2.16. The Morgan fingerprint density at radius 3 is 2.58 bits per heavy atom. The van der Waals surface area contributed by atoms with Gasteiger partial charge in [0.05, 0.1) is 17.3 Å². The minimum Gasteiger partial charge on any atom is -0.467 e. The molecule has 24 heavy (non-hydrogen) atoms. The molecule has 8 heteroatoms. The highest BCUT2D eigenvalue weighted by Crippen LogP contribution is 2.19. The summed E-state index contributed by atoms with van der Waals surface area (Å²) in [7, 11) is 1.25. The number of hydrogen-bond acceptors (Lipinski definition) is 6. The first-order valence-corrected chi connectivity index (χ1v) is 8.05. The summed E-state index contributed by atoms with van der Waals surface area (Å²) in [5, 5.41) is 2.61. The number of esters is 1. The molecule has 2 rings (SSSR count). The summed E-state index contributed by atoms with van der Waals surface area (Å²) in [6.45, 7) is 3.85. The van der Waals surface area contributed by atoms with Crippen molar-refractivity contribution >= 4 is 27.8 Å². The van der Waals surface area contributed by atoms with Crippen molar-refractivity contribution in [3.63, 3.8) is 0 Å². The summed E-state index contributed by atoms with van der Waals surface area (Å²) < 4.78 is 5.20. The maximum Gasteiger partial charge on any atom is 0.334 e. The van der Waals surface area contributed by atoms with Gasteiger partial charge in [-0.15, -0.1) is 0 Å². The number of rotatable bonds is 5. The Labute approximate surface area is 148 Å². The number of ether oxygens (including phenoxy) is 1. The number of nitrogens with zero attached hydrogens (tertiary/aromatic N) is 3. The molecule has 0 fully saturated rings. The van der Waals surface area contributed by atoms with Crippen LogP contribution in [0, 0.1) is 0 Å². The van der Waals surface area contributed by atoms with Crippen LogP contribution in [0.2, 0.25) is 0 Å². The third kappa shape index (κ3) is 4.14. The van der Waals surface area contributed by atoms with Crippen LogP contribution in [0.15, 0.2) is 35.1 Å². The van der Waals surface area contributed by atoms with Gasteiger partial charge in [0, 0.05) is 18.3 Å². The molecule has 1 atom stereocenters. The van der Waals surface area contributed by atoms with Crippen molar-refractivity contribution in [1.29, 1.82) is 0 Å². The summed E-state index contributed by atoms with van der Waals surface area (Å²) in [6, 6.07) is 4.06. The Bertz CT molecular complexity index is 737. The molecule has 7 nitrogen and oxygen atoms in total. The maximum atomic E-state index is 12.6. The molecule has 0 aromatic carbocycles. The van der Waals surface area contributed by atoms with Crippen LogP contribution in [-0.4, -0.2) is 33.9 Å². The highest BCUT2D eigenvalue weighted by Gasteiger charge is 2.27. The van der Waals surface area contributed by atoms with Gasteiger partial charge in [0.15, 0.2) is 6.04 Å². The van der Waals surface area contributed by atoms with Gasteiger partial charge in [0.25, 0.3) is 5.91 Å². The van der Waals surface area contributed by atoms with E-state index < -0.39 is 17.9 Å². The lowest BCUT2D eigenvalue weighted by atomic mass is 10.1. The number of amides is 1. The highest BCUT2D eigenvalue weighted by atomic mass is 79.9. The van der Waals surface area contributed by atoms with Gasteiger partial charge in [-0.3, -0.25) is 9.78 Å². The van der Waals surface area contributed by atoms with Gasteiger partial charge < -0.3 is 10.1 Å². The molecule has 0 aliphatic heterocycles. The third-order valence-corrected chi connectivity index (χ3v) is 3.77. The van der Waals surface area contributed by atoms with Crippen molar-refractivity contribution in [3.05, 3.63) is 52.3 Å². The minimum atomic E-state index is -1.02. The molecule has 0 bridgehead atoms. The van der Waals surface area contributed by atoms with Crippen molar-refractivity contribution in [2.45, 2.75) is 25.8 Å².